The average Bonchev–Trinajstić information content (AvgIpc) is 3.19. The minimum Gasteiger partial charge on any atom is -0.468 e. The summed E-state index contributed by atoms with van der Waals surface area (Å²) in [4.78, 5) is 38.2. The first kappa shape index (κ1) is 21.0. The van der Waals surface area contributed by atoms with Crippen molar-refractivity contribution in [2.24, 2.45) is 10.8 Å². The summed E-state index contributed by atoms with van der Waals surface area (Å²) in [6.07, 6.45) is -0.0298. The van der Waals surface area contributed by atoms with E-state index in [0.29, 0.717) is 5.69 Å². The lowest BCUT2D eigenvalue weighted by Crippen LogP contribution is -2.41. The Balaban J connectivity index is 1.88. The molecule has 2 aromatic carbocycles. The van der Waals surface area contributed by atoms with Crippen LogP contribution in [0.1, 0.15) is 12.0 Å². The predicted molar refractivity (Wildman–Crippen MR) is 108 cm³/mol. The Morgan fingerprint density at radius 2 is 1.83 bits per heavy atom. The molecule has 1 unspecified atom stereocenters. The highest BCUT2D eigenvalue weighted by atomic mass is 19.1. The molecule has 0 spiro atoms. The van der Waals surface area contributed by atoms with E-state index in [1.807, 2.05) is 30.3 Å². The number of esters is 1. The molecule has 9 heteroatoms. The fourth-order valence-corrected chi connectivity index (χ4v) is 3.10. The lowest BCUT2D eigenvalue weighted by Gasteiger charge is -2.21. The first-order chi connectivity index (χ1) is 14.4. The molecule has 0 fully saturated rings. The smallest absolute Gasteiger partial charge is 0.325 e. The Kier molecular flexibility index (Phi) is 6.41. The molecule has 0 aliphatic carbocycles. The minimum absolute atomic E-state index is 0.0298. The van der Waals surface area contributed by atoms with Crippen molar-refractivity contribution < 1.29 is 23.5 Å². The molecule has 0 saturated carbocycles. The Hall–Kier alpha value is -3.75. The van der Waals surface area contributed by atoms with Gasteiger partial charge in [-0.25, -0.2) is 4.39 Å². The molecule has 1 atom stereocenters. The molecule has 0 bridgehead atoms. The highest BCUT2D eigenvalue weighted by Crippen LogP contribution is 2.25. The maximum atomic E-state index is 13.3. The predicted octanol–water partition coefficient (Wildman–Crippen LogP) is 1.45. The quantitative estimate of drug-likeness (QED) is 0.693. The van der Waals surface area contributed by atoms with Crippen LogP contribution in [0, 0.1) is 5.82 Å². The number of anilines is 1. The van der Waals surface area contributed by atoms with Crippen LogP contribution in [0.25, 0.3) is 0 Å². The Morgan fingerprint density at radius 1 is 1.17 bits per heavy atom. The summed E-state index contributed by atoms with van der Waals surface area (Å²) in [5.41, 5.74) is 6.80. The summed E-state index contributed by atoms with van der Waals surface area (Å²) in [7, 11) is 1.24. The maximum Gasteiger partial charge on any atom is 0.325 e. The van der Waals surface area contributed by atoms with Crippen molar-refractivity contribution in [2.75, 3.05) is 18.7 Å². The van der Waals surface area contributed by atoms with Crippen molar-refractivity contribution >= 4 is 29.2 Å². The summed E-state index contributed by atoms with van der Waals surface area (Å²) in [6.45, 7) is -0.118. The molecule has 2 amide bonds. The third kappa shape index (κ3) is 4.80. The number of nitrogens with two attached hydrogens (primary N) is 1. The van der Waals surface area contributed by atoms with Crippen molar-refractivity contribution in [1.82, 2.24) is 4.90 Å². The molecule has 1 aliphatic heterocycles. The second-order valence-electron chi connectivity index (χ2n) is 6.71. The zero-order valence-corrected chi connectivity index (χ0v) is 16.3. The van der Waals surface area contributed by atoms with Gasteiger partial charge in [-0.05, 0) is 29.8 Å². The van der Waals surface area contributed by atoms with Gasteiger partial charge in [-0.3, -0.25) is 19.4 Å². The van der Waals surface area contributed by atoms with Crippen molar-refractivity contribution in [3.63, 3.8) is 0 Å². The second-order valence-corrected chi connectivity index (χ2v) is 6.71. The van der Waals surface area contributed by atoms with Gasteiger partial charge < -0.3 is 15.4 Å². The number of rotatable bonds is 7. The molecule has 8 nitrogen and oxygen atoms in total. The molecule has 0 aromatic heterocycles. The Morgan fingerprint density at radius 3 is 2.43 bits per heavy atom. The second kappa shape index (κ2) is 9.17. The van der Waals surface area contributed by atoms with E-state index in [9.17, 15) is 18.8 Å². The Labute approximate surface area is 172 Å². The molecule has 1 heterocycles. The molecule has 0 radical (unpaired) electrons. The van der Waals surface area contributed by atoms with E-state index in [-0.39, 0.29) is 25.2 Å². The number of hydrogen-bond acceptors (Lipinski definition) is 6. The first-order valence-electron chi connectivity index (χ1n) is 9.20. The van der Waals surface area contributed by atoms with Crippen LogP contribution in [-0.2, 0) is 25.7 Å². The van der Waals surface area contributed by atoms with Crippen LogP contribution in [-0.4, -0.2) is 48.1 Å². The zero-order valence-electron chi connectivity index (χ0n) is 16.3. The van der Waals surface area contributed by atoms with Crippen LogP contribution >= 0.6 is 0 Å². The third-order valence-electron chi connectivity index (χ3n) is 4.63. The number of methoxy groups -OCH3 is 1. The number of halogens is 1. The fourth-order valence-electron chi connectivity index (χ4n) is 3.10. The van der Waals surface area contributed by atoms with Gasteiger partial charge in [-0.1, -0.05) is 30.3 Å². The largest absolute Gasteiger partial charge is 0.468 e. The number of hydrazone groups is 1. The summed E-state index contributed by atoms with van der Waals surface area (Å²) >= 11 is 0. The zero-order chi connectivity index (χ0) is 21.7. The lowest BCUT2D eigenvalue weighted by molar-refractivity contribution is -0.145. The van der Waals surface area contributed by atoms with E-state index in [0.717, 1.165) is 5.56 Å². The van der Waals surface area contributed by atoms with Gasteiger partial charge in [0.2, 0.25) is 5.91 Å². The number of carbonyl (C=O) groups excluding carboxylic acids is 3. The van der Waals surface area contributed by atoms with Crippen LogP contribution in [0.4, 0.5) is 10.1 Å². The summed E-state index contributed by atoms with van der Waals surface area (Å²) < 4.78 is 18.0. The molecule has 2 N–H and O–H groups in total. The number of amides is 2. The minimum atomic E-state index is -0.897. The molecule has 1 aliphatic rings. The van der Waals surface area contributed by atoms with Gasteiger partial charge in [0.1, 0.15) is 24.1 Å². The van der Waals surface area contributed by atoms with Crippen molar-refractivity contribution in [1.29, 1.82) is 0 Å². The van der Waals surface area contributed by atoms with E-state index in [2.05, 4.69) is 5.10 Å². The van der Waals surface area contributed by atoms with E-state index < -0.39 is 29.6 Å². The highest BCUT2D eigenvalue weighted by Gasteiger charge is 2.37. The number of carbonyl (C=O) groups is 3. The van der Waals surface area contributed by atoms with Gasteiger partial charge in [-0.2, -0.15) is 5.10 Å². The SMILES string of the molecule is COC(=O)CN(Cc1ccccc1)C(=O)C1=NN(c2ccc(F)cc2)C(C(N)=O)C1. The molecular weight excluding hydrogens is 391 g/mol. The van der Waals surface area contributed by atoms with Gasteiger partial charge in [0.05, 0.1) is 12.8 Å². The topological polar surface area (TPSA) is 105 Å². The number of benzene rings is 2. The van der Waals surface area contributed by atoms with E-state index in [1.54, 1.807) is 0 Å². The number of primary amides is 1. The molecule has 156 valence electrons. The monoisotopic (exact) mass is 412 g/mol. The average molecular weight is 412 g/mol. The molecule has 0 saturated heterocycles. The normalized spacial score (nSPS) is 15.5. The van der Waals surface area contributed by atoms with E-state index in [1.165, 1.54) is 41.3 Å². The number of hydrogen-bond donors (Lipinski definition) is 1. The first-order valence-corrected chi connectivity index (χ1v) is 9.20. The van der Waals surface area contributed by atoms with Crippen LogP contribution in [0.15, 0.2) is 59.7 Å². The van der Waals surface area contributed by atoms with Gasteiger partial charge in [0, 0.05) is 13.0 Å². The standard InChI is InChI=1S/C21H21FN4O4/c1-30-19(27)13-25(12-14-5-3-2-4-6-14)21(29)17-11-18(20(23)28)26(24-17)16-9-7-15(22)8-10-16/h2-10,18H,11-13H2,1H3,(H2,23,28). The van der Waals surface area contributed by atoms with E-state index >= 15 is 0 Å². The van der Waals surface area contributed by atoms with Crippen molar-refractivity contribution in [2.45, 2.75) is 19.0 Å². The summed E-state index contributed by atoms with van der Waals surface area (Å²) in [5.74, 6) is -2.21. The maximum absolute atomic E-state index is 13.3. The van der Waals surface area contributed by atoms with Gasteiger partial charge >= 0.3 is 5.97 Å². The summed E-state index contributed by atoms with van der Waals surface area (Å²) in [5, 5.41) is 5.57. The number of nitrogens with zero attached hydrogens (tertiary/aromatic N) is 3. The van der Waals surface area contributed by atoms with Crippen LogP contribution in [0.2, 0.25) is 0 Å². The van der Waals surface area contributed by atoms with Crippen molar-refractivity contribution in [3.05, 3.63) is 66.0 Å². The van der Waals surface area contributed by atoms with Crippen molar-refractivity contribution in [3.8, 4) is 0 Å². The molecule has 3 rings (SSSR count). The fraction of sp³-hybridized carbons (Fsp3) is 0.238. The van der Waals surface area contributed by atoms with Crippen LogP contribution in [0.3, 0.4) is 0 Å². The Bertz CT molecular complexity index is 963. The molecular formula is C21H21FN4O4. The highest BCUT2D eigenvalue weighted by molar-refractivity contribution is 6.40. The summed E-state index contributed by atoms with van der Waals surface area (Å²) in [6, 6.07) is 13.6. The third-order valence-corrected chi connectivity index (χ3v) is 4.63. The molecule has 30 heavy (non-hydrogen) atoms. The van der Waals surface area contributed by atoms with Crippen LogP contribution < -0.4 is 10.7 Å². The van der Waals surface area contributed by atoms with Crippen LogP contribution in [0.5, 0.6) is 0 Å². The number of ether oxygens (including phenoxy) is 1. The van der Waals surface area contributed by atoms with Gasteiger partial charge in [-0.15, -0.1) is 0 Å². The molecule has 2 aromatic rings. The van der Waals surface area contributed by atoms with Gasteiger partial charge in [0.15, 0.2) is 0 Å². The lowest BCUT2D eigenvalue weighted by atomic mass is 10.1. The van der Waals surface area contributed by atoms with Gasteiger partial charge in [0.25, 0.3) is 5.91 Å². The van der Waals surface area contributed by atoms with E-state index in [4.69, 9.17) is 10.5 Å².